The average molecular weight is 197 g/mol. The summed E-state index contributed by atoms with van der Waals surface area (Å²) in [7, 11) is 0. The van der Waals surface area contributed by atoms with Gasteiger partial charge in [0.25, 0.3) is 0 Å². The normalized spacial score (nSPS) is 11.2. The van der Waals surface area contributed by atoms with Crippen molar-refractivity contribution in [1.29, 1.82) is 0 Å². The number of nitrogens with two attached hydrogens (primary N) is 1. The van der Waals surface area contributed by atoms with Crippen molar-refractivity contribution in [3.8, 4) is 0 Å². The number of ether oxygens (including phenoxy) is 1. The summed E-state index contributed by atoms with van der Waals surface area (Å²) in [6, 6.07) is 0.0874. The SMILES string of the molecule is CCNC(=O)OCCC(C)N.Cl. The van der Waals surface area contributed by atoms with Crippen LogP contribution in [0.2, 0.25) is 0 Å². The first kappa shape index (κ1) is 14.1. The molecule has 0 saturated carbocycles. The Morgan fingerprint density at radius 1 is 1.67 bits per heavy atom. The second kappa shape index (κ2) is 8.62. The van der Waals surface area contributed by atoms with Crippen LogP contribution in [0.4, 0.5) is 4.79 Å². The summed E-state index contributed by atoms with van der Waals surface area (Å²) in [6.07, 6.45) is 0.338. The molecular weight excluding hydrogens is 180 g/mol. The maximum absolute atomic E-state index is 10.7. The van der Waals surface area contributed by atoms with Crippen molar-refractivity contribution in [1.82, 2.24) is 5.32 Å². The molecule has 0 bridgehead atoms. The number of halogens is 1. The van der Waals surface area contributed by atoms with Gasteiger partial charge in [0.1, 0.15) is 0 Å². The summed E-state index contributed by atoms with van der Waals surface area (Å²) in [6.45, 7) is 4.70. The number of alkyl carbamates (subject to hydrolysis) is 1. The molecule has 0 aliphatic rings. The summed E-state index contributed by atoms with van der Waals surface area (Å²) in [4.78, 5) is 10.7. The van der Waals surface area contributed by atoms with Crippen molar-refractivity contribution in [2.45, 2.75) is 26.3 Å². The van der Waals surface area contributed by atoms with Gasteiger partial charge in [0, 0.05) is 12.6 Å². The lowest BCUT2D eigenvalue weighted by molar-refractivity contribution is 0.143. The molecule has 0 aromatic rings. The minimum Gasteiger partial charge on any atom is -0.450 e. The molecule has 5 heteroatoms. The van der Waals surface area contributed by atoms with Crippen LogP contribution >= 0.6 is 12.4 Å². The van der Waals surface area contributed by atoms with E-state index in [1.165, 1.54) is 0 Å². The Morgan fingerprint density at radius 2 is 2.25 bits per heavy atom. The minimum atomic E-state index is -0.367. The van der Waals surface area contributed by atoms with Crippen LogP contribution in [0.1, 0.15) is 20.3 Å². The Labute approximate surface area is 79.2 Å². The van der Waals surface area contributed by atoms with Crippen LogP contribution in [0.5, 0.6) is 0 Å². The molecule has 0 fully saturated rings. The largest absolute Gasteiger partial charge is 0.450 e. The van der Waals surface area contributed by atoms with E-state index in [0.29, 0.717) is 19.6 Å². The Bertz CT molecular complexity index is 120. The van der Waals surface area contributed by atoms with E-state index in [-0.39, 0.29) is 24.5 Å². The molecule has 1 unspecified atom stereocenters. The van der Waals surface area contributed by atoms with Gasteiger partial charge in [-0.25, -0.2) is 4.79 Å². The summed E-state index contributed by atoms with van der Waals surface area (Å²) in [5, 5.41) is 2.52. The lowest BCUT2D eigenvalue weighted by Crippen LogP contribution is -2.26. The molecule has 0 rings (SSSR count). The number of carbonyl (C=O) groups excluding carboxylic acids is 1. The zero-order chi connectivity index (χ0) is 8.69. The van der Waals surface area contributed by atoms with Crippen molar-refractivity contribution in [2.75, 3.05) is 13.2 Å². The molecule has 74 valence electrons. The summed E-state index contributed by atoms with van der Waals surface area (Å²) in [5.74, 6) is 0. The van der Waals surface area contributed by atoms with Gasteiger partial charge >= 0.3 is 6.09 Å². The Hall–Kier alpha value is -0.480. The van der Waals surface area contributed by atoms with Gasteiger partial charge in [-0.15, -0.1) is 12.4 Å². The molecule has 1 amide bonds. The molecular formula is C7H17ClN2O2. The van der Waals surface area contributed by atoms with Crippen LogP contribution in [0, 0.1) is 0 Å². The van der Waals surface area contributed by atoms with Crippen LogP contribution in [-0.4, -0.2) is 25.3 Å². The number of carbonyl (C=O) groups is 1. The van der Waals surface area contributed by atoms with Crippen LogP contribution in [-0.2, 0) is 4.74 Å². The van der Waals surface area contributed by atoms with E-state index in [0.717, 1.165) is 0 Å². The van der Waals surface area contributed by atoms with Crippen molar-refractivity contribution in [3.05, 3.63) is 0 Å². The van der Waals surface area contributed by atoms with E-state index in [1.807, 2.05) is 13.8 Å². The standard InChI is InChI=1S/C7H16N2O2.ClH/c1-3-9-7(10)11-5-4-6(2)8;/h6H,3-5,8H2,1-2H3,(H,9,10);1H. The summed E-state index contributed by atoms with van der Waals surface area (Å²) < 4.78 is 4.76. The van der Waals surface area contributed by atoms with Gasteiger partial charge < -0.3 is 15.8 Å². The zero-order valence-corrected chi connectivity index (χ0v) is 8.32. The summed E-state index contributed by atoms with van der Waals surface area (Å²) in [5.41, 5.74) is 5.44. The smallest absolute Gasteiger partial charge is 0.407 e. The van der Waals surface area contributed by atoms with Gasteiger partial charge in [-0.1, -0.05) is 0 Å². The van der Waals surface area contributed by atoms with Crippen molar-refractivity contribution < 1.29 is 9.53 Å². The van der Waals surface area contributed by atoms with E-state index in [1.54, 1.807) is 0 Å². The van der Waals surface area contributed by atoms with Gasteiger partial charge in [0.05, 0.1) is 6.61 Å². The Balaban J connectivity index is 0. The number of nitrogens with one attached hydrogen (secondary N) is 1. The molecule has 1 atom stereocenters. The third-order valence-corrected chi connectivity index (χ3v) is 1.13. The highest BCUT2D eigenvalue weighted by Crippen LogP contribution is 1.87. The zero-order valence-electron chi connectivity index (χ0n) is 7.50. The molecule has 0 radical (unpaired) electrons. The fourth-order valence-electron chi connectivity index (χ4n) is 0.533. The van der Waals surface area contributed by atoms with Crippen molar-refractivity contribution in [3.63, 3.8) is 0 Å². The van der Waals surface area contributed by atoms with Gasteiger partial charge in [-0.2, -0.15) is 0 Å². The number of hydrogen-bond acceptors (Lipinski definition) is 3. The minimum absolute atomic E-state index is 0. The molecule has 0 aliphatic carbocycles. The van der Waals surface area contributed by atoms with Gasteiger partial charge in [-0.05, 0) is 20.3 Å². The van der Waals surface area contributed by atoms with Gasteiger partial charge in [-0.3, -0.25) is 0 Å². The third-order valence-electron chi connectivity index (χ3n) is 1.13. The second-order valence-corrected chi connectivity index (χ2v) is 2.43. The fourth-order valence-corrected chi connectivity index (χ4v) is 0.533. The van der Waals surface area contributed by atoms with Crippen LogP contribution in [0.15, 0.2) is 0 Å². The first-order chi connectivity index (χ1) is 5.16. The maximum Gasteiger partial charge on any atom is 0.407 e. The highest BCUT2D eigenvalue weighted by molar-refractivity contribution is 5.85. The van der Waals surface area contributed by atoms with Crippen molar-refractivity contribution >= 4 is 18.5 Å². The topological polar surface area (TPSA) is 64.3 Å². The highest BCUT2D eigenvalue weighted by atomic mass is 35.5. The van der Waals surface area contributed by atoms with E-state index in [9.17, 15) is 4.79 Å². The predicted molar refractivity (Wildman–Crippen MR) is 50.5 cm³/mol. The van der Waals surface area contributed by atoms with Gasteiger partial charge in [0.15, 0.2) is 0 Å². The molecule has 12 heavy (non-hydrogen) atoms. The predicted octanol–water partition coefficient (Wildman–Crippen LogP) is 0.892. The molecule has 0 aromatic carbocycles. The molecule has 4 nitrogen and oxygen atoms in total. The molecule has 0 heterocycles. The van der Waals surface area contributed by atoms with E-state index in [2.05, 4.69) is 5.32 Å². The third kappa shape index (κ3) is 9.52. The Kier molecular flexibility index (Phi) is 10.1. The van der Waals surface area contributed by atoms with Crippen LogP contribution in [0.3, 0.4) is 0 Å². The first-order valence-corrected chi connectivity index (χ1v) is 3.83. The maximum atomic E-state index is 10.7. The molecule has 0 spiro atoms. The number of hydrogen-bond donors (Lipinski definition) is 2. The molecule has 0 aliphatic heterocycles. The molecule has 0 aromatic heterocycles. The van der Waals surface area contributed by atoms with Crippen molar-refractivity contribution in [2.24, 2.45) is 5.73 Å². The lowest BCUT2D eigenvalue weighted by Gasteiger charge is -2.06. The first-order valence-electron chi connectivity index (χ1n) is 3.83. The van der Waals surface area contributed by atoms with E-state index < -0.39 is 0 Å². The second-order valence-electron chi connectivity index (χ2n) is 2.43. The molecule has 3 N–H and O–H groups in total. The average Bonchev–Trinajstić information content (AvgIpc) is 1.87. The number of rotatable bonds is 4. The van der Waals surface area contributed by atoms with Crippen LogP contribution in [0.25, 0.3) is 0 Å². The number of amides is 1. The van der Waals surface area contributed by atoms with E-state index in [4.69, 9.17) is 10.5 Å². The monoisotopic (exact) mass is 196 g/mol. The lowest BCUT2D eigenvalue weighted by atomic mass is 10.3. The van der Waals surface area contributed by atoms with Gasteiger partial charge in [0.2, 0.25) is 0 Å². The highest BCUT2D eigenvalue weighted by Gasteiger charge is 1.99. The Morgan fingerprint density at radius 3 is 2.67 bits per heavy atom. The molecule has 0 saturated heterocycles. The van der Waals surface area contributed by atoms with Crippen LogP contribution < -0.4 is 11.1 Å². The fraction of sp³-hybridized carbons (Fsp3) is 0.857. The summed E-state index contributed by atoms with van der Waals surface area (Å²) >= 11 is 0. The quantitative estimate of drug-likeness (QED) is 0.702. The van der Waals surface area contributed by atoms with E-state index >= 15 is 0 Å².